The molecule has 3 rings (SSSR count). The molecule has 128 valence electrons. The Morgan fingerprint density at radius 1 is 1.46 bits per heavy atom. The molecule has 1 fully saturated rings. The zero-order valence-corrected chi connectivity index (χ0v) is 14.1. The molecule has 0 aliphatic carbocycles. The average Bonchev–Trinajstić information content (AvgIpc) is 2.56. The molecule has 7 heteroatoms. The number of esters is 1. The molecule has 0 radical (unpaired) electrons. The van der Waals surface area contributed by atoms with E-state index in [1.807, 2.05) is 0 Å². The van der Waals surface area contributed by atoms with Crippen LogP contribution in [-0.2, 0) is 4.74 Å². The van der Waals surface area contributed by atoms with Crippen LogP contribution in [0.4, 0.5) is 14.6 Å². The molecular weight excluding hydrogens is 338 g/mol. The average molecular weight is 355 g/mol. The van der Waals surface area contributed by atoms with Crippen molar-refractivity contribution < 1.29 is 18.3 Å². The summed E-state index contributed by atoms with van der Waals surface area (Å²) < 4.78 is 32.4. The van der Waals surface area contributed by atoms with E-state index >= 15 is 0 Å². The minimum absolute atomic E-state index is 0.121. The predicted octanol–water partition coefficient (Wildman–Crippen LogP) is 4.16. The molecule has 1 saturated heterocycles. The Labute approximate surface area is 143 Å². The lowest BCUT2D eigenvalue weighted by molar-refractivity contribution is -0.0652. The number of piperidine rings is 1. The normalized spacial score (nSPS) is 20.2. The van der Waals surface area contributed by atoms with Crippen molar-refractivity contribution in [3.8, 4) is 0 Å². The van der Waals surface area contributed by atoms with Crippen molar-refractivity contribution in [3.05, 3.63) is 34.9 Å². The number of hydrogen-bond donors (Lipinski definition) is 0. The summed E-state index contributed by atoms with van der Waals surface area (Å²) in [5.74, 6) is -3.74. The van der Waals surface area contributed by atoms with Crippen molar-refractivity contribution in [1.29, 1.82) is 0 Å². The maximum absolute atomic E-state index is 13.8. The monoisotopic (exact) mass is 354 g/mol. The smallest absolute Gasteiger partial charge is 0.341 e. The molecule has 1 aromatic heterocycles. The summed E-state index contributed by atoms with van der Waals surface area (Å²) in [7, 11) is 1.27. The number of nitrogens with zero attached hydrogens (tertiary/aromatic N) is 2. The number of alkyl halides is 2. The van der Waals surface area contributed by atoms with E-state index in [0.717, 1.165) is 0 Å². The minimum Gasteiger partial charge on any atom is -0.465 e. The third kappa shape index (κ3) is 2.90. The molecule has 1 unspecified atom stereocenters. The second kappa shape index (κ2) is 6.16. The van der Waals surface area contributed by atoms with Gasteiger partial charge in [0.1, 0.15) is 11.4 Å². The van der Waals surface area contributed by atoms with E-state index in [0.29, 0.717) is 21.7 Å². The first-order chi connectivity index (χ1) is 11.3. The minimum atomic E-state index is -2.71. The molecule has 1 atom stereocenters. The van der Waals surface area contributed by atoms with Gasteiger partial charge in [0.05, 0.1) is 12.6 Å². The summed E-state index contributed by atoms with van der Waals surface area (Å²) in [5.41, 5.74) is 0.839. The first-order valence-electron chi connectivity index (χ1n) is 7.64. The summed E-state index contributed by atoms with van der Waals surface area (Å²) in [5, 5.41) is 1.09. The van der Waals surface area contributed by atoms with Gasteiger partial charge in [-0.2, -0.15) is 0 Å². The molecule has 1 aliphatic rings. The van der Waals surface area contributed by atoms with Gasteiger partial charge in [0.15, 0.2) is 0 Å². The van der Waals surface area contributed by atoms with Crippen LogP contribution in [0, 0.1) is 5.92 Å². The van der Waals surface area contributed by atoms with Gasteiger partial charge >= 0.3 is 5.97 Å². The highest BCUT2D eigenvalue weighted by Gasteiger charge is 2.42. The van der Waals surface area contributed by atoms with Crippen LogP contribution in [0.5, 0.6) is 0 Å². The van der Waals surface area contributed by atoms with E-state index in [-0.39, 0.29) is 25.1 Å². The molecule has 0 bridgehead atoms. The Morgan fingerprint density at radius 3 is 2.88 bits per heavy atom. The Bertz CT molecular complexity index is 797. The molecule has 0 saturated carbocycles. The number of anilines is 1. The van der Waals surface area contributed by atoms with Crippen LogP contribution in [-0.4, -0.2) is 37.1 Å². The molecule has 2 aromatic rings. The number of carbonyl (C=O) groups excluding carboxylic acids is 1. The maximum atomic E-state index is 13.8. The Kier molecular flexibility index (Phi) is 4.34. The maximum Gasteiger partial charge on any atom is 0.341 e. The summed E-state index contributed by atoms with van der Waals surface area (Å²) in [6.07, 6.45) is -0.274. The lowest BCUT2D eigenvalue weighted by Crippen LogP contribution is -2.46. The van der Waals surface area contributed by atoms with Gasteiger partial charge in [0.25, 0.3) is 5.92 Å². The van der Waals surface area contributed by atoms with Crippen molar-refractivity contribution in [2.24, 2.45) is 5.92 Å². The lowest BCUT2D eigenvalue weighted by Gasteiger charge is -2.37. The largest absolute Gasteiger partial charge is 0.465 e. The topological polar surface area (TPSA) is 42.4 Å². The highest BCUT2D eigenvalue weighted by molar-refractivity contribution is 6.35. The van der Waals surface area contributed by atoms with Crippen LogP contribution in [0.1, 0.15) is 23.7 Å². The number of ether oxygens (including phenoxy) is 1. The third-order valence-corrected chi connectivity index (χ3v) is 4.75. The van der Waals surface area contributed by atoms with Gasteiger partial charge in [-0.15, -0.1) is 0 Å². The number of rotatable bonds is 2. The van der Waals surface area contributed by atoms with E-state index < -0.39 is 17.8 Å². The van der Waals surface area contributed by atoms with E-state index in [4.69, 9.17) is 16.3 Å². The SMILES string of the molecule is COC(=O)c1cc2c(Cl)cccc2nc1N1CCC(F)(F)C(C)C1. The van der Waals surface area contributed by atoms with E-state index in [1.165, 1.54) is 14.0 Å². The van der Waals surface area contributed by atoms with Crippen LogP contribution >= 0.6 is 11.6 Å². The van der Waals surface area contributed by atoms with Crippen LogP contribution in [0.15, 0.2) is 24.3 Å². The van der Waals surface area contributed by atoms with Crippen LogP contribution in [0.25, 0.3) is 10.9 Å². The van der Waals surface area contributed by atoms with Gasteiger partial charge in [-0.05, 0) is 18.2 Å². The van der Waals surface area contributed by atoms with Gasteiger partial charge in [-0.1, -0.05) is 24.6 Å². The fraction of sp³-hybridized carbons (Fsp3) is 0.412. The molecule has 1 aliphatic heterocycles. The molecule has 0 amide bonds. The zero-order valence-electron chi connectivity index (χ0n) is 13.4. The number of pyridine rings is 1. The van der Waals surface area contributed by atoms with Crippen molar-refractivity contribution in [2.75, 3.05) is 25.1 Å². The van der Waals surface area contributed by atoms with E-state index in [1.54, 1.807) is 29.2 Å². The summed E-state index contributed by atoms with van der Waals surface area (Å²) in [4.78, 5) is 18.4. The number of hydrogen-bond acceptors (Lipinski definition) is 4. The van der Waals surface area contributed by atoms with Gasteiger partial charge in [-0.25, -0.2) is 18.6 Å². The number of methoxy groups -OCH3 is 1. The molecule has 24 heavy (non-hydrogen) atoms. The lowest BCUT2D eigenvalue weighted by atomic mass is 9.95. The van der Waals surface area contributed by atoms with E-state index in [2.05, 4.69) is 4.98 Å². The molecule has 4 nitrogen and oxygen atoms in total. The van der Waals surface area contributed by atoms with Gasteiger partial charge in [-0.3, -0.25) is 0 Å². The second-order valence-electron chi connectivity index (χ2n) is 6.02. The van der Waals surface area contributed by atoms with Crippen LogP contribution < -0.4 is 4.90 Å². The summed E-state index contributed by atoms with van der Waals surface area (Å²) in [6, 6.07) is 6.85. The van der Waals surface area contributed by atoms with E-state index in [9.17, 15) is 13.6 Å². The fourth-order valence-corrected chi connectivity index (χ4v) is 3.15. The number of fused-ring (bicyclic) bond motifs is 1. The number of aromatic nitrogens is 1. The molecule has 0 N–H and O–H groups in total. The Morgan fingerprint density at radius 2 is 2.21 bits per heavy atom. The highest BCUT2D eigenvalue weighted by atomic mass is 35.5. The first-order valence-corrected chi connectivity index (χ1v) is 8.01. The Hall–Kier alpha value is -1.95. The van der Waals surface area contributed by atoms with Crippen molar-refractivity contribution in [1.82, 2.24) is 4.98 Å². The summed E-state index contributed by atoms with van der Waals surface area (Å²) >= 11 is 6.17. The highest BCUT2D eigenvalue weighted by Crippen LogP contribution is 2.36. The zero-order chi connectivity index (χ0) is 17.5. The van der Waals surface area contributed by atoms with Gasteiger partial charge < -0.3 is 9.64 Å². The third-order valence-electron chi connectivity index (χ3n) is 4.42. The quantitative estimate of drug-likeness (QED) is 0.760. The molecule has 0 spiro atoms. The number of benzene rings is 1. The number of carbonyl (C=O) groups is 1. The Balaban J connectivity index is 2.10. The van der Waals surface area contributed by atoms with Crippen molar-refractivity contribution >= 4 is 34.3 Å². The molecule has 2 heterocycles. The van der Waals surface area contributed by atoms with Gasteiger partial charge in [0.2, 0.25) is 0 Å². The van der Waals surface area contributed by atoms with Crippen LogP contribution in [0.3, 0.4) is 0 Å². The molecular formula is C17H17ClF2N2O2. The van der Waals surface area contributed by atoms with Crippen molar-refractivity contribution in [3.63, 3.8) is 0 Å². The van der Waals surface area contributed by atoms with Gasteiger partial charge in [0, 0.05) is 35.8 Å². The fourth-order valence-electron chi connectivity index (χ4n) is 2.93. The second-order valence-corrected chi connectivity index (χ2v) is 6.42. The predicted molar refractivity (Wildman–Crippen MR) is 89.0 cm³/mol. The molecule has 1 aromatic carbocycles. The summed E-state index contributed by atoms with van der Waals surface area (Å²) in [6.45, 7) is 1.75. The van der Waals surface area contributed by atoms with Crippen molar-refractivity contribution in [2.45, 2.75) is 19.3 Å². The first kappa shape index (κ1) is 16.9. The van der Waals surface area contributed by atoms with Crippen LogP contribution in [0.2, 0.25) is 5.02 Å². The standard InChI is InChI=1S/C17H17ClF2N2O2/c1-10-9-22(7-6-17(10,19)20)15-12(16(23)24-2)8-11-13(18)4-3-5-14(11)21-15/h3-5,8,10H,6-7,9H2,1-2H3. The number of halogens is 3.